The summed E-state index contributed by atoms with van der Waals surface area (Å²) in [5.74, 6) is 0.804. The van der Waals surface area contributed by atoms with Crippen molar-refractivity contribution >= 4 is 0 Å². The molecular weight excluding hydrogens is 188 g/mol. The standard InChI is InChI=1S/C12H18N2O/c1-3-15-12-10(6-4-8-13-12)11-7-5-9-14(11)2/h4,6,8,11H,3,5,7,9H2,1-2H3/t11-/m0/s1. The van der Waals surface area contributed by atoms with E-state index in [0.717, 1.165) is 5.88 Å². The second-order valence-electron chi connectivity index (χ2n) is 3.97. The maximum atomic E-state index is 5.56. The molecular formula is C12H18N2O. The van der Waals surface area contributed by atoms with Crippen LogP contribution in [0, 0.1) is 0 Å². The van der Waals surface area contributed by atoms with Crippen LogP contribution in [0.2, 0.25) is 0 Å². The Morgan fingerprint density at radius 2 is 2.47 bits per heavy atom. The number of ether oxygens (including phenoxy) is 1. The van der Waals surface area contributed by atoms with E-state index in [9.17, 15) is 0 Å². The molecule has 1 aliphatic rings. The third-order valence-corrected chi connectivity index (χ3v) is 2.96. The van der Waals surface area contributed by atoms with Crippen LogP contribution in [0.25, 0.3) is 0 Å². The van der Waals surface area contributed by atoms with Gasteiger partial charge in [-0.2, -0.15) is 0 Å². The molecule has 0 N–H and O–H groups in total. The molecule has 3 nitrogen and oxygen atoms in total. The average molecular weight is 206 g/mol. The summed E-state index contributed by atoms with van der Waals surface area (Å²) in [6.07, 6.45) is 4.27. The zero-order valence-electron chi connectivity index (χ0n) is 9.44. The molecule has 0 radical (unpaired) electrons. The largest absolute Gasteiger partial charge is 0.478 e. The highest BCUT2D eigenvalue weighted by Crippen LogP contribution is 2.34. The van der Waals surface area contributed by atoms with Crippen molar-refractivity contribution in [2.45, 2.75) is 25.8 Å². The van der Waals surface area contributed by atoms with Crippen molar-refractivity contribution in [3.63, 3.8) is 0 Å². The van der Waals surface area contributed by atoms with Gasteiger partial charge in [-0.25, -0.2) is 4.98 Å². The Balaban J connectivity index is 2.25. The van der Waals surface area contributed by atoms with Gasteiger partial charge in [0.2, 0.25) is 5.88 Å². The summed E-state index contributed by atoms with van der Waals surface area (Å²) >= 11 is 0. The molecule has 15 heavy (non-hydrogen) atoms. The van der Waals surface area contributed by atoms with Crippen molar-refractivity contribution in [1.29, 1.82) is 0 Å². The first kappa shape index (κ1) is 10.4. The van der Waals surface area contributed by atoms with Gasteiger partial charge in [0, 0.05) is 17.8 Å². The van der Waals surface area contributed by atoms with E-state index in [1.165, 1.54) is 24.9 Å². The first-order chi connectivity index (χ1) is 7.33. The fourth-order valence-corrected chi connectivity index (χ4v) is 2.22. The highest BCUT2D eigenvalue weighted by atomic mass is 16.5. The van der Waals surface area contributed by atoms with E-state index >= 15 is 0 Å². The molecule has 0 aromatic carbocycles. The van der Waals surface area contributed by atoms with Crippen LogP contribution < -0.4 is 4.74 Å². The van der Waals surface area contributed by atoms with E-state index in [4.69, 9.17) is 4.74 Å². The molecule has 0 bridgehead atoms. The predicted molar refractivity (Wildman–Crippen MR) is 60.0 cm³/mol. The van der Waals surface area contributed by atoms with Gasteiger partial charge in [-0.1, -0.05) is 6.07 Å². The summed E-state index contributed by atoms with van der Waals surface area (Å²) in [6.45, 7) is 3.85. The zero-order chi connectivity index (χ0) is 10.7. The molecule has 3 heteroatoms. The number of likely N-dealkylation sites (tertiary alicyclic amines) is 1. The third kappa shape index (κ3) is 2.12. The van der Waals surface area contributed by atoms with E-state index in [2.05, 4.69) is 23.0 Å². The lowest BCUT2D eigenvalue weighted by molar-refractivity contribution is 0.285. The minimum atomic E-state index is 0.486. The van der Waals surface area contributed by atoms with Gasteiger partial charge in [-0.05, 0) is 39.4 Å². The maximum Gasteiger partial charge on any atom is 0.218 e. The van der Waals surface area contributed by atoms with Gasteiger partial charge in [0.25, 0.3) is 0 Å². The number of aromatic nitrogens is 1. The van der Waals surface area contributed by atoms with Crippen LogP contribution in [0.3, 0.4) is 0 Å². The van der Waals surface area contributed by atoms with Crippen molar-refractivity contribution in [3.05, 3.63) is 23.9 Å². The van der Waals surface area contributed by atoms with Crippen molar-refractivity contribution in [1.82, 2.24) is 9.88 Å². The monoisotopic (exact) mass is 206 g/mol. The second kappa shape index (κ2) is 4.62. The lowest BCUT2D eigenvalue weighted by Gasteiger charge is -2.21. The van der Waals surface area contributed by atoms with E-state index in [1.807, 2.05) is 13.0 Å². The molecule has 0 unspecified atom stereocenters. The molecule has 0 saturated carbocycles. The Hall–Kier alpha value is -1.09. The second-order valence-corrected chi connectivity index (χ2v) is 3.97. The molecule has 1 saturated heterocycles. The predicted octanol–water partition coefficient (Wildman–Crippen LogP) is 2.25. The smallest absolute Gasteiger partial charge is 0.218 e. The van der Waals surface area contributed by atoms with E-state index in [1.54, 1.807) is 6.20 Å². The molecule has 2 heterocycles. The molecule has 1 atom stereocenters. The van der Waals surface area contributed by atoms with E-state index < -0.39 is 0 Å². The summed E-state index contributed by atoms with van der Waals surface area (Å²) in [7, 11) is 2.17. The highest BCUT2D eigenvalue weighted by molar-refractivity contribution is 5.29. The minimum absolute atomic E-state index is 0.486. The summed E-state index contributed by atoms with van der Waals surface area (Å²) in [6, 6.07) is 4.61. The van der Waals surface area contributed by atoms with Crippen LogP contribution in [0.5, 0.6) is 5.88 Å². The summed E-state index contributed by atoms with van der Waals surface area (Å²) < 4.78 is 5.56. The number of rotatable bonds is 3. The number of pyridine rings is 1. The quantitative estimate of drug-likeness (QED) is 0.758. The first-order valence-corrected chi connectivity index (χ1v) is 5.61. The number of hydrogen-bond acceptors (Lipinski definition) is 3. The van der Waals surface area contributed by atoms with Crippen molar-refractivity contribution in [2.24, 2.45) is 0 Å². The maximum absolute atomic E-state index is 5.56. The Labute approximate surface area is 91.1 Å². The molecule has 0 amide bonds. The van der Waals surface area contributed by atoms with Gasteiger partial charge < -0.3 is 4.74 Å². The fourth-order valence-electron chi connectivity index (χ4n) is 2.22. The molecule has 1 fully saturated rings. The van der Waals surface area contributed by atoms with Gasteiger partial charge in [-0.15, -0.1) is 0 Å². The Morgan fingerprint density at radius 1 is 1.60 bits per heavy atom. The highest BCUT2D eigenvalue weighted by Gasteiger charge is 2.25. The molecule has 0 aliphatic carbocycles. The minimum Gasteiger partial charge on any atom is -0.478 e. The van der Waals surface area contributed by atoms with Crippen LogP contribution in [0.1, 0.15) is 31.4 Å². The lowest BCUT2D eigenvalue weighted by atomic mass is 10.1. The topological polar surface area (TPSA) is 25.4 Å². The lowest BCUT2D eigenvalue weighted by Crippen LogP contribution is -2.18. The first-order valence-electron chi connectivity index (χ1n) is 5.61. The Morgan fingerprint density at radius 3 is 3.13 bits per heavy atom. The SMILES string of the molecule is CCOc1ncccc1[C@@H]1CCCN1C. The molecule has 1 aliphatic heterocycles. The third-order valence-electron chi connectivity index (χ3n) is 2.96. The van der Waals surface area contributed by atoms with Gasteiger partial charge in [0.1, 0.15) is 0 Å². The summed E-state index contributed by atoms with van der Waals surface area (Å²) in [5, 5.41) is 0. The molecule has 1 aromatic rings. The number of hydrogen-bond donors (Lipinski definition) is 0. The van der Waals surface area contributed by atoms with Crippen molar-refractivity contribution in [2.75, 3.05) is 20.2 Å². The summed E-state index contributed by atoms with van der Waals surface area (Å²) in [5.41, 5.74) is 1.24. The Bertz CT molecular complexity index is 327. The zero-order valence-corrected chi connectivity index (χ0v) is 9.44. The van der Waals surface area contributed by atoms with Gasteiger partial charge in [0.15, 0.2) is 0 Å². The fraction of sp³-hybridized carbons (Fsp3) is 0.583. The van der Waals surface area contributed by atoms with Crippen LogP contribution in [0.15, 0.2) is 18.3 Å². The molecule has 82 valence electrons. The van der Waals surface area contributed by atoms with Gasteiger partial charge in [0.05, 0.1) is 6.61 Å². The van der Waals surface area contributed by atoms with E-state index in [-0.39, 0.29) is 0 Å². The van der Waals surface area contributed by atoms with Crippen LogP contribution in [-0.4, -0.2) is 30.1 Å². The number of nitrogens with zero attached hydrogens (tertiary/aromatic N) is 2. The van der Waals surface area contributed by atoms with Crippen LogP contribution in [0.4, 0.5) is 0 Å². The average Bonchev–Trinajstić information content (AvgIpc) is 2.66. The van der Waals surface area contributed by atoms with E-state index in [0.29, 0.717) is 12.6 Å². The van der Waals surface area contributed by atoms with Crippen molar-refractivity contribution < 1.29 is 4.74 Å². The van der Waals surface area contributed by atoms with Gasteiger partial charge >= 0.3 is 0 Å². The molecule has 0 spiro atoms. The van der Waals surface area contributed by atoms with Crippen LogP contribution >= 0.6 is 0 Å². The van der Waals surface area contributed by atoms with Crippen LogP contribution in [-0.2, 0) is 0 Å². The molecule has 1 aromatic heterocycles. The molecule has 2 rings (SSSR count). The summed E-state index contributed by atoms with van der Waals surface area (Å²) in [4.78, 5) is 6.67. The van der Waals surface area contributed by atoms with Crippen molar-refractivity contribution in [3.8, 4) is 5.88 Å². The van der Waals surface area contributed by atoms with Gasteiger partial charge in [-0.3, -0.25) is 4.90 Å². The normalized spacial score (nSPS) is 21.9. The Kier molecular flexibility index (Phi) is 3.21.